The highest BCUT2D eigenvalue weighted by molar-refractivity contribution is 7.99. The van der Waals surface area contributed by atoms with Gasteiger partial charge in [0.15, 0.2) is 5.03 Å². The maximum absolute atomic E-state index is 13.6. The third-order valence-corrected chi connectivity index (χ3v) is 11.3. The number of fused-ring (bicyclic) bond motifs is 1. The van der Waals surface area contributed by atoms with Crippen LogP contribution in [0.15, 0.2) is 78.0 Å². The van der Waals surface area contributed by atoms with Crippen LogP contribution in [0, 0.1) is 0 Å². The number of H-pyrrole nitrogens is 1. The van der Waals surface area contributed by atoms with E-state index in [9.17, 15) is 13.2 Å². The van der Waals surface area contributed by atoms with Crippen LogP contribution >= 0.6 is 23.8 Å². The highest BCUT2D eigenvalue weighted by Gasteiger charge is 2.26. The number of nitrogens with zero attached hydrogens (tertiary/aromatic N) is 3. The first-order valence-corrected chi connectivity index (χ1v) is 19.0. The van der Waals surface area contributed by atoms with Crippen molar-refractivity contribution in [3.8, 4) is 5.75 Å². The number of anilines is 1. The standard InChI is InChI=1S/C33H41N5O7S3/c1-37(48(40,41)31-11-6-7-12-34-31)30-21-27(44-15-8-18-47-45-42-2)19-26-20-29(36-32(26)30)33(39)35-22-28(23-38-13-16-43-17-14-38)46-24-25-9-4-3-5-10-25/h3-7,9-12,19-21,28,36H,8,13-18,22-24H2,1-2H3,(H,35,39). The van der Waals surface area contributed by atoms with E-state index in [2.05, 4.69) is 37.2 Å². The van der Waals surface area contributed by atoms with Crippen molar-refractivity contribution in [2.45, 2.75) is 22.4 Å². The minimum atomic E-state index is -4.02. The molecular weight excluding hydrogens is 675 g/mol. The van der Waals surface area contributed by atoms with Gasteiger partial charge in [0.25, 0.3) is 15.9 Å². The lowest BCUT2D eigenvalue weighted by atomic mass is 10.2. The van der Waals surface area contributed by atoms with Crippen LogP contribution in [0.2, 0.25) is 0 Å². The number of pyridine rings is 1. The number of carbonyl (C=O) groups excluding carboxylic acids is 1. The van der Waals surface area contributed by atoms with Crippen molar-refractivity contribution in [2.24, 2.45) is 0 Å². The van der Waals surface area contributed by atoms with Crippen molar-refractivity contribution in [3.63, 3.8) is 0 Å². The quantitative estimate of drug-likeness (QED) is 0.0640. The van der Waals surface area contributed by atoms with E-state index in [0.29, 0.717) is 66.6 Å². The predicted octanol–water partition coefficient (Wildman–Crippen LogP) is 4.75. The predicted molar refractivity (Wildman–Crippen MR) is 190 cm³/mol. The molecule has 15 heteroatoms. The maximum Gasteiger partial charge on any atom is 0.281 e. The second kappa shape index (κ2) is 17.9. The van der Waals surface area contributed by atoms with Crippen molar-refractivity contribution in [2.75, 3.05) is 70.2 Å². The summed E-state index contributed by atoms with van der Waals surface area (Å²) in [6, 6.07) is 20.2. The molecule has 1 fully saturated rings. The zero-order chi connectivity index (χ0) is 33.8. The molecule has 0 aliphatic carbocycles. The number of carbonyl (C=O) groups is 1. The molecule has 2 aromatic carbocycles. The number of aromatic amines is 1. The van der Waals surface area contributed by atoms with Gasteiger partial charge in [-0.2, -0.15) is 24.5 Å². The van der Waals surface area contributed by atoms with E-state index < -0.39 is 10.0 Å². The molecule has 4 aromatic rings. The molecule has 1 saturated heterocycles. The molecule has 2 aromatic heterocycles. The van der Waals surface area contributed by atoms with Crippen LogP contribution in [0.4, 0.5) is 5.69 Å². The third-order valence-electron chi connectivity index (χ3n) is 7.67. The molecule has 1 amide bonds. The second-order valence-corrected chi connectivity index (χ2v) is 15.0. The van der Waals surface area contributed by atoms with Gasteiger partial charge in [-0.05, 0) is 36.2 Å². The van der Waals surface area contributed by atoms with E-state index in [-0.39, 0.29) is 16.2 Å². The second-order valence-electron chi connectivity index (χ2n) is 11.0. The van der Waals surface area contributed by atoms with Gasteiger partial charge in [-0.1, -0.05) is 36.4 Å². The Bertz CT molecular complexity index is 1700. The molecule has 1 aliphatic heterocycles. The van der Waals surface area contributed by atoms with Crippen LogP contribution in [0.1, 0.15) is 22.5 Å². The highest BCUT2D eigenvalue weighted by atomic mass is 32.2. The van der Waals surface area contributed by atoms with Gasteiger partial charge in [0.2, 0.25) is 0 Å². The van der Waals surface area contributed by atoms with Crippen molar-refractivity contribution in [1.29, 1.82) is 0 Å². The SMILES string of the molecule is COOSCCCOc1cc(N(C)S(=O)(=O)c2ccccn2)c2[nH]c(C(=O)NCC(CN3CCOCC3)SCc3ccccc3)cc2c1. The number of sulfonamides is 1. The first-order valence-electron chi connectivity index (χ1n) is 15.6. The number of rotatable bonds is 18. The van der Waals surface area contributed by atoms with E-state index in [0.717, 1.165) is 29.7 Å². The molecule has 1 aliphatic rings. The molecule has 0 bridgehead atoms. The van der Waals surface area contributed by atoms with Crippen molar-refractivity contribution >= 4 is 56.3 Å². The number of amides is 1. The van der Waals surface area contributed by atoms with E-state index in [1.54, 1.807) is 30.3 Å². The number of ether oxygens (including phenoxy) is 2. The summed E-state index contributed by atoms with van der Waals surface area (Å²) in [5, 5.41) is 3.81. The summed E-state index contributed by atoms with van der Waals surface area (Å²) in [5.74, 6) is 1.66. The smallest absolute Gasteiger partial charge is 0.281 e. The summed E-state index contributed by atoms with van der Waals surface area (Å²) in [5.41, 5.74) is 2.36. The normalized spacial score (nSPS) is 14.5. The average Bonchev–Trinajstić information content (AvgIpc) is 3.56. The Hall–Kier alpha value is -3.31. The van der Waals surface area contributed by atoms with Crippen molar-refractivity contribution in [3.05, 3.63) is 84.2 Å². The first kappa shape index (κ1) is 36.0. The van der Waals surface area contributed by atoms with Gasteiger partial charge < -0.3 is 19.8 Å². The third kappa shape index (κ3) is 9.87. The van der Waals surface area contributed by atoms with E-state index in [1.807, 2.05) is 30.0 Å². The minimum Gasteiger partial charge on any atom is -0.493 e. The summed E-state index contributed by atoms with van der Waals surface area (Å²) in [6.07, 6.45) is 2.10. The van der Waals surface area contributed by atoms with Crippen molar-refractivity contribution in [1.82, 2.24) is 20.2 Å². The lowest BCUT2D eigenvalue weighted by molar-refractivity contribution is -0.160. The van der Waals surface area contributed by atoms with Crippen molar-refractivity contribution < 1.29 is 31.9 Å². The van der Waals surface area contributed by atoms with Crippen LogP contribution in [0.25, 0.3) is 10.9 Å². The lowest BCUT2D eigenvalue weighted by Gasteiger charge is -2.30. The Morgan fingerprint density at radius 3 is 2.67 bits per heavy atom. The minimum absolute atomic E-state index is 0.0917. The number of thioether (sulfide) groups is 1. The average molecular weight is 716 g/mol. The zero-order valence-electron chi connectivity index (χ0n) is 27.0. The number of benzene rings is 2. The fraction of sp³-hybridized carbons (Fsp3) is 0.394. The van der Waals surface area contributed by atoms with E-state index in [4.69, 9.17) is 13.8 Å². The summed E-state index contributed by atoms with van der Waals surface area (Å²) in [7, 11) is -1.11. The van der Waals surface area contributed by atoms with E-state index in [1.165, 1.54) is 44.0 Å². The summed E-state index contributed by atoms with van der Waals surface area (Å²) in [6.45, 7) is 4.79. The number of morpholine rings is 1. The molecule has 0 spiro atoms. The highest BCUT2D eigenvalue weighted by Crippen LogP contribution is 2.34. The molecule has 12 nitrogen and oxygen atoms in total. The summed E-state index contributed by atoms with van der Waals surface area (Å²) in [4.78, 5) is 27.8. The van der Waals surface area contributed by atoms with Crippen LogP contribution in [0.3, 0.4) is 0 Å². The summed E-state index contributed by atoms with van der Waals surface area (Å²) >= 11 is 2.98. The topological polar surface area (TPSA) is 135 Å². The Balaban J connectivity index is 1.35. The lowest BCUT2D eigenvalue weighted by Crippen LogP contribution is -2.43. The molecule has 258 valence electrons. The Morgan fingerprint density at radius 1 is 1.12 bits per heavy atom. The first-order chi connectivity index (χ1) is 23.3. The fourth-order valence-corrected chi connectivity index (χ4v) is 7.82. The molecule has 1 unspecified atom stereocenters. The van der Waals surface area contributed by atoms with Gasteiger partial charge in [0, 0.05) is 79.7 Å². The Morgan fingerprint density at radius 2 is 1.92 bits per heavy atom. The molecule has 5 rings (SSSR count). The fourth-order valence-electron chi connectivity index (χ4n) is 5.15. The largest absolute Gasteiger partial charge is 0.493 e. The summed E-state index contributed by atoms with van der Waals surface area (Å²) < 4.78 is 44.7. The zero-order valence-corrected chi connectivity index (χ0v) is 29.5. The van der Waals surface area contributed by atoms with Crippen LogP contribution < -0.4 is 14.4 Å². The Kier molecular flexibility index (Phi) is 13.4. The van der Waals surface area contributed by atoms with Gasteiger partial charge in [-0.3, -0.25) is 14.0 Å². The molecule has 48 heavy (non-hydrogen) atoms. The van der Waals surface area contributed by atoms with Gasteiger partial charge in [-0.25, -0.2) is 9.87 Å². The maximum atomic E-state index is 13.6. The molecule has 0 saturated carbocycles. The monoisotopic (exact) mass is 715 g/mol. The number of hydrogen-bond donors (Lipinski definition) is 2. The van der Waals surface area contributed by atoms with Gasteiger partial charge in [-0.15, -0.1) is 0 Å². The van der Waals surface area contributed by atoms with E-state index >= 15 is 0 Å². The molecule has 2 N–H and O–H groups in total. The Labute approximate surface area is 290 Å². The molecule has 1 atom stereocenters. The number of aromatic nitrogens is 2. The van der Waals surface area contributed by atoms with Gasteiger partial charge in [0.05, 0.1) is 38.1 Å². The number of hydrogen-bond acceptors (Lipinski definition) is 11. The molecule has 0 radical (unpaired) electrons. The van der Waals surface area contributed by atoms with Gasteiger partial charge >= 0.3 is 0 Å². The van der Waals surface area contributed by atoms with Crippen LogP contribution in [-0.2, 0) is 29.7 Å². The van der Waals surface area contributed by atoms with Gasteiger partial charge in [0.1, 0.15) is 11.4 Å². The number of nitrogens with one attached hydrogen (secondary N) is 2. The molecule has 3 heterocycles. The van der Waals surface area contributed by atoms with Crippen LogP contribution in [0.5, 0.6) is 5.75 Å². The molecular formula is C33H41N5O7S3. The van der Waals surface area contributed by atoms with Crippen LogP contribution in [-0.4, -0.2) is 100 Å².